The Morgan fingerprint density at radius 1 is 1.35 bits per heavy atom. The molecule has 3 unspecified atom stereocenters. The highest BCUT2D eigenvalue weighted by molar-refractivity contribution is 7.85. The van der Waals surface area contributed by atoms with Crippen molar-refractivity contribution < 1.29 is 4.21 Å². The number of aromatic nitrogens is 1. The van der Waals surface area contributed by atoms with Crippen molar-refractivity contribution in [2.45, 2.75) is 57.4 Å². The molecule has 1 aliphatic carbocycles. The van der Waals surface area contributed by atoms with Gasteiger partial charge in [-0.2, -0.15) is 0 Å². The predicted molar refractivity (Wildman–Crippen MR) is 111 cm³/mol. The van der Waals surface area contributed by atoms with Crippen LogP contribution in [0.1, 0.15) is 45.2 Å². The second-order valence-electron chi connectivity index (χ2n) is 6.88. The first-order valence-corrected chi connectivity index (χ1v) is 11.0. The van der Waals surface area contributed by atoms with Crippen molar-refractivity contribution in [1.29, 1.82) is 0 Å². The fourth-order valence-electron chi connectivity index (χ4n) is 3.23. The molecule has 1 aromatic heterocycles. The molecule has 2 N–H and O–H groups in total. The van der Waals surface area contributed by atoms with Crippen molar-refractivity contribution in [3.05, 3.63) is 23.9 Å². The molecule has 1 heterocycles. The molecule has 1 saturated carbocycles. The molecule has 7 heteroatoms. The van der Waals surface area contributed by atoms with E-state index in [1.165, 1.54) is 0 Å². The van der Waals surface area contributed by atoms with Crippen LogP contribution in [0.4, 0.5) is 5.82 Å². The molecule has 0 spiro atoms. The molecule has 0 aromatic carbocycles. The lowest BCUT2D eigenvalue weighted by molar-refractivity contribution is 0.413. The van der Waals surface area contributed by atoms with Gasteiger partial charge < -0.3 is 15.5 Å². The van der Waals surface area contributed by atoms with Crippen LogP contribution >= 0.6 is 0 Å². The summed E-state index contributed by atoms with van der Waals surface area (Å²) in [6, 6.07) is 6.34. The number of hydrogen-bond acceptors (Lipinski definition) is 4. The fraction of sp³-hybridized carbons (Fsp3) is 0.684. The van der Waals surface area contributed by atoms with E-state index in [9.17, 15) is 4.21 Å². The maximum Gasteiger partial charge on any atom is 0.191 e. The molecule has 146 valence electrons. The van der Waals surface area contributed by atoms with Gasteiger partial charge in [-0.15, -0.1) is 0 Å². The lowest BCUT2D eigenvalue weighted by Gasteiger charge is -2.30. The highest BCUT2D eigenvalue weighted by Crippen LogP contribution is 2.23. The van der Waals surface area contributed by atoms with E-state index in [0.717, 1.165) is 55.5 Å². The van der Waals surface area contributed by atoms with E-state index >= 15 is 0 Å². The maximum atomic E-state index is 12.1. The SMILES string of the molecule is CCNC(=NCc1cccc(N(C)C)n1)NC1CCCC(S(=O)CC)C1. The average molecular weight is 380 g/mol. The molecule has 26 heavy (non-hydrogen) atoms. The third-order valence-corrected chi connectivity index (χ3v) is 6.36. The largest absolute Gasteiger partial charge is 0.363 e. The van der Waals surface area contributed by atoms with Gasteiger partial charge in [0.05, 0.1) is 12.2 Å². The first-order chi connectivity index (χ1) is 12.5. The Bertz CT molecular complexity index is 620. The number of aliphatic imine (C=N–C) groups is 1. The highest BCUT2D eigenvalue weighted by Gasteiger charge is 2.26. The minimum absolute atomic E-state index is 0.313. The number of pyridine rings is 1. The van der Waals surface area contributed by atoms with Crippen LogP contribution in [0.2, 0.25) is 0 Å². The Hall–Kier alpha value is -1.63. The minimum Gasteiger partial charge on any atom is -0.363 e. The van der Waals surface area contributed by atoms with E-state index in [4.69, 9.17) is 4.99 Å². The molecule has 0 radical (unpaired) electrons. The third kappa shape index (κ3) is 6.27. The molecule has 2 rings (SSSR count). The molecule has 3 atom stereocenters. The second kappa shape index (κ2) is 10.5. The topological polar surface area (TPSA) is 69.6 Å². The average Bonchev–Trinajstić information content (AvgIpc) is 2.66. The first-order valence-electron chi connectivity index (χ1n) is 9.58. The van der Waals surface area contributed by atoms with Gasteiger partial charge in [0.15, 0.2) is 5.96 Å². The Morgan fingerprint density at radius 2 is 2.15 bits per heavy atom. The van der Waals surface area contributed by atoms with Crippen molar-refractivity contribution in [2.24, 2.45) is 4.99 Å². The van der Waals surface area contributed by atoms with Gasteiger partial charge in [-0.05, 0) is 38.3 Å². The number of rotatable bonds is 7. The van der Waals surface area contributed by atoms with Crippen LogP contribution in [0.25, 0.3) is 0 Å². The summed E-state index contributed by atoms with van der Waals surface area (Å²) < 4.78 is 12.1. The van der Waals surface area contributed by atoms with Crippen LogP contribution in [-0.2, 0) is 17.3 Å². The van der Waals surface area contributed by atoms with E-state index in [2.05, 4.69) is 22.5 Å². The van der Waals surface area contributed by atoms with E-state index in [1.54, 1.807) is 0 Å². The van der Waals surface area contributed by atoms with Crippen LogP contribution < -0.4 is 15.5 Å². The smallest absolute Gasteiger partial charge is 0.191 e. The molecule has 6 nitrogen and oxygen atoms in total. The van der Waals surface area contributed by atoms with Crippen LogP contribution in [0.3, 0.4) is 0 Å². The minimum atomic E-state index is -0.708. The lowest BCUT2D eigenvalue weighted by atomic mass is 9.95. The Labute approximate surface area is 160 Å². The predicted octanol–water partition coefficient (Wildman–Crippen LogP) is 2.28. The molecule has 0 aliphatic heterocycles. The summed E-state index contributed by atoms with van der Waals surface area (Å²) in [4.78, 5) is 11.3. The van der Waals surface area contributed by atoms with Gasteiger partial charge in [0.1, 0.15) is 5.82 Å². The van der Waals surface area contributed by atoms with Gasteiger partial charge in [-0.25, -0.2) is 9.98 Å². The maximum absolute atomic E-state index is 12.1. The van der Waals surface area contributed by atoms with Gasteiger partial charge in [0.2, 0.25) is 0 Å². The van der Waals surface area contributed by atoms with Crippen molar-refractivity contribution in [2.75, 3.05) is 31.3 Å². The van der Waals surface area contributed by atoms with Crippen LogP contribution in [0.15, 0.2) is 23.2 Å². The number of anilines is 1. The Morgan fingerprint density at radius 3 is 2.85 bits per heavy atom. The quantitative estimate of drug-likeness (QED) is 0.562. The number of guanidine groups is 1. The Balaban J connectivity index is 2.00. The van der Waals surface area contributed by atoms with Crippen LogP contribution in [0, 0.1) is 0 Å². The summed E-state index contributed by atoms with van der Waals surface area (Å²) in [7, 11) is 3.27. The summed E-state index contributed by atoms with van der Waals surface area (Å²) >= 11 is 0. The monoisotopic (exact) mass is 379 g/mol. The highest BCUT2D eigenvalue weighted by atomic mass is 32.2. The van der Waals surface area contributed by atoms with Crippen molar-refractivity contribution >= 4 is 22.6 Å². The molecule has 1 fully saturated rings. The molecule has 0 bridgehead atoms. The van der Waals surface area contributed by atoms with E-state index < -0.39 is 10.8 Å². The fourth-order valence-corrected chi connectivity index (χ4v) is 4.58. The zero-order valence-corrected chi connectivity index (χ0v) is 17.3. The lowest BCUT2D eigenvalue weighted by Crippen LogP contribution is -2.46. The van der Waals surface area contributed by atoms with E-state index in [1.807, 2.05) is 44.1 Å². The van der Waals surface area contributed by atoms with Crippen molar-refractivity contribution in [3.8, 4) is 0 Å². The normalized spacial score (nSPS) is 21.9. The molecule has 0 saturated heterocycles. The molecule has 1 aromatic rings. The number of hydrogen-bond donors (Lipinski definition) is 2. The molecular weight excluding hydrogens is 346 g/mol. The molecular formula is C19H33N5OS. The summed E-state index contributed by atoms with van der Waals surface area (Å²) in [6.45, 7) is 5.42. The molecule has 0 amide bonds. The Kier molecular flexibility index (Phi) is 8.35. The van der Waals surface area contributed by atoms with Gasteiger partial charge in [0, 0.05) is 48.5 Å². The standard InChI is InChI=1S/C19H33N5OS/c1-5-20-19(21-14-16-10-8-12-18(22-16)24(3)4)23-15-9-7-11-17(13-15)26(25)6-2/h8,10,12,15,17H,5-7,9,11,13-14H2,1-4H3,(H2,20,21,23). The number of nitrogens with zero attached hydrogens (tertiary/aromatic N) is 3. The molecule has 1 aliphatic rings. The summed E-state index contributed by atoms with van der Waals surface area (Å²) in [5.74, 6) is 2.50. The van der Waals surface area contributed by atoms with E-state index in [0.29, 0.717) is 17.8 Å². The van der Waals surface area contributed by atoms with Gasteiger partial charge >= 0.3 is 0 Å². The van der Waals surface area contributed by atoms with Gasteiger partial charge in [-0.3, -0.25) is 4.21 Å². The zero-order chi connectivity index (χ0) is 18.9. The third-order valence-electron chi connectivity index (χ3n) is 4.62. The second-order valence-corrected chi connectivity index (χ2v) is 8.88. The van der Waals surface area contributed by atoms with Gasteiger partial charge in [0.25, 0.3) is 0 Å². The zero-order valence-electron chi connectivity index (χ0n) is 16.5. The van der Waals surface area contributed by atoms with Gasteiger partial charge in [-0.1, -0.05) is 19.4 Å². The summed E-state index contributed by atoms with van der Waals surface area (Å²) in [5.41, 5.74) is 0.946. The van der Waals surface area contributed by atoms with Crippen molar-refractivity contribution in [1.82, 2.24) is 15.6 Å². The van der Waals surface area contributed by atoms with Crippen LogP contribution in [0.5, 0.6) is 0 Å². The summed E-state index contributed by atoms with van der Waals surface area (Å²) in [5, 5.41) is 7.17. The van der Waals surface area contributed by atoms with E-state index in [-0.39, 0.29) is 0 Å². The number of nitrogens with one attached hydrogen (secondary N) is 2. The summed E-state index contributed by atoms with van der Waals surface area (Å²) in [6.07, 6.45) is 4.27. The van der Waals surface area contributed by atoms with Crippen molar-refractivity contribution in [3.63, 3.8) is 0 Å². The van der Waals surface area contributed by atoms with Crippen LogP contribution in [-0.4, -0.2) is 52.8 Å². The first kappa shape index (κ1) is 20.7.